The van der Waals surface area contributed by atoms with Crippen LogP contribution in [-0.2, 0) is 15.1 Å². The number of thioether (sulfide) groups is 1. The molecule has 0 saturated carbocycles. The molecular formula is C15H24N4O2S. The van der Waals surface area contributed by atoms with E-state index < -0.39 is 6.04 Å². The van der Waals surface area contributed by atoms with Gasteiger partial charge in [0.15, 0.2) is 0 Å². The van der Waals surface area contributed by atoms with Crippen LogP contribution in [0.2, 0.25) is 0 Å². The highest BCUT2D eigenvalue weighted by Gasteiger charge is 2.34. The number of rotatable bonds is 3. The van der Waals surface area contributed by atoms with Gasteiger partial charge in [0, 0.05) is 18.2 Å². The highest BCUT2D eigenvalue weighted by Crippen LogP contribution is 2.25. The number of hydrogen-bond acceptors (Lipinski definition) is 4. The maximum Gasteiger partial charge on any atom is 0.249 e. The smallest absolute Gasteiger partial charge is 0.249 e. The topological polar surface area (TPSA) is 67.2 Å². The van der Waals surface area contributed by atoms with Crippen molar-refractivity contribution < 1.29 is 9.59 Å². The molecule has 1 atom stereocenters. The van der Waals surface area contributed by atoms with Gasteiger partial charge in [-0.2, -0.15) is 5.10 Å². The van der Waals surface area contributed by atoms with E-state index >= 15 is 0 Å². The Morgan fingerprint density at radius 2 is 2.14 bits per heavy atom. The third-order valence-corrected chi connectivity index (χ3v) is 4.54. The van der Waals surface area contributed by atoms with E-state index in [-0.39, 0.29) is 17.4 Å². The van der Waals surface area contributed by atoms with Gasteiger partial charge in [-0.25, -0.2) is 4.68 Å². The standard InChI is InChI=1S/C15H24N4O2S/c1-6-13(20)18-9-22-8-11(18)14(21)16-12-7-10(2)17-19(12)15(3,4)5/h7,11H,6,8-9H2,1-5H3,(H,16,21)/t11-/m0/s1. The Balaban J connectivity index is 2.17. The number of nitrogens with zero attached hydrogens (tertiary/aromatic N) is 3. The van der Waals surface area contributed by atoms with Crippen LogP contribution in [0.25, 0.3) is 0 Å². The second kappa shape index (κ2) is 6.32. The zero-order chi connectivity index (χ0) is 16.5. The summed E-state index contributed by atoms with van der Waals surface area (Å²) in [6, 6.07) is 1.46. The monoisotopic (exact) mass is 324 g/mol. The van der Waals surface area contributed by atoms with E-state index in [0.717, 1.165) is 5.69 Å². The minimum Gasteiger partial charge on any atom is -0.321 e. The van der Waals surface area contributed by atoms with Crippen molar-refractivity contribution in [2.24, 2.45) is 0 Å². The number of aromatic nitrogens is 2. The molecule has 1 aromatic rings. The fourth-order valence-corrected chi connectivity index (χ4v) is 3.60. The SMILES string of the molecule is CCC(=O)N1CSC[C@H]1C(=O)Nc1cc(C)nn1C(C)(C)C. The van der Waals surface area contributed by atoms with Crippen LogP contribution >= 0.6 is 11.8 Å². The molecule has 0 unspecified atom stereocenters. The summed E-state index contributed by atoms with van der Waals surface area (Å²) < 4.78 is 1.81. The second-order valence-electron chi connectivity index (χ2n) is 6.48. The molecular weight excluding hydrogens is 300 g/mol. The van der Waals surface area contributed by atoms with Gasteiger partial charge in [-0.3, -0.25) is 9.59 Å². The molecule has 1 aliphatic rings. The summed E-state index contributed by atoms with van der Waals surface area (Å²) >= 11 is 1.61. The van der Waals surface area contributed by atoms with Crippen LogP contribution in [0.5, 0.6) is 0 Å². The molecule has 122 valence electrons. The third kappa shape index (κ3) is 3.45. The van der Waals surface area contributed by atoms with Gasteiger partial charge in [0.05, 0.1) is 17.1 Å². The molecule has 1 aromatic heterocycles. The molecule has 1 fully saturated rings. The Hall–Kier alpha value is -1.50. The number of aryl methyl sites for hydroxylation is 1. The summed E-state index contributed by atoms with van der Waals surface area (Å²) in [6.45, 7) is 9.82. The van der Waals surface area contributed by atoms with Crippen molar-refractivity contribution in [1.29, 1.82) is 0 Å². The van der Waals surface area contributed by atoms with E-state index in [1.165, 1.54) is 0 Å². The van der Waals surface area contributed by atoms with E-state index in [1.54, 1.807) is 16.7 Å². The average Bonchev–Trinajstić information content (AvgIpc) is 3.03. The normalized spacial score (nSPS) is 18.6. The summed E-state index contributed by atoms with van der Waals surface area (Å²) in [7, 11) is 0. The molecule has 2 heterocycles. The second-order valence-corrected chi connectivity index (χ2v) is 7.48. The lowest BCUT2D eigenvalue weighted by molar-refractivity contribution is -0.135. The van der Waals surface area contributed by atoms with Gasteiger partial charge < -0.3 is 10.2 Å². The molecule has 1 aliphatic heterocycles. The molecule has 6 nitrogen and oxygen atoms in total. The van der Waals surface area contributed by atoms with Crippen molar-refractivity contribution in [2.45, 2.75) is 52.6 Å². The lowest BCUT2D eigenvalue weighted by Gasteiger charge is -2.25. The predicted molar refractivity (Wildman–Crippen MR) is 88.8 cm³/mol. The van der Waals surface area contributed by atoms with Gasteiger partial charge in [0.25, 0.3) is 0 Å². The number of carbonyl (C=O) groups is 2. The van der Waals surface area contributed by atoms with Crippen LogP contribution < -0.4 is 5.32 Å². The number of anilines is 1. The fraction of sp³-hybridized carbons (Fsp3) is 0.667. The van der Waals surface area contributed by atoms with E-state index in [2.05, 4.69) is 10.4 Å². The molecule has 0 radical (unpaired) electrons. The lowest BCUT2D eigenvalue weighted by Crippen LogP contribution is -2.44. The van der Waals surface area contributed by atoms with Crippen molar-refractivity contribution in [1.82, 2.24) is 14.7 Å². The van der Waals surface area contributed by atoms with E-state index in [4.69, 9.17) is 0 Å². The first kappa shape index (κ1) is 16.9. The molecule has 0 aromatic carbocycles. The first-order valence-electron chi connectivity index (χ1n) is 7.49. The minimum atomic E-state index is -0.402. The number of carbonyl (C=O) groups excluding carboxylic acids is 2. The number of amides is 2. The van der Waals surface area contributed by atoms with E-state index in [0.29, 0.717) is 23.9 Å². The van der Waals surface area contributed by atoms with Crippen molar-refractivity contribution in [3.05, 3.63) is 11.8 Å². The Morgan fingerprint density at radius 1 is 1.45 bits per heavy atom. The maximum atomic E-state index is 12.6. The lowest BCUT2D eigenvalue weighted by atomic mass is 10.1. The van der Waals surface area contributed by atoms with Crippen LogP contribution in [0.3, 0.4) is 0 Å². The van der Waals surface area contributed by atoms with Gasteiger partial charge in [-0.05, 0) is 27.7 Å². The molecule has 0 aliphatic carbocycles. The van der Waals surface area contributed by atoms with Crippen LogP contribution in [0.15, 0.2) is 6.07 Å². The van der Waals surface area contributed by atoms with Gasteiger partial charge in [-0.15, -0.1) is 11.8 Å². The van der Waals surface area contributed by atoms with Crippen LogP contribution in [0, 0.1) is 6.92 Å². The average molecular weight is 324 g/mol. The Bertz CT molecular complexity index is 577. The molecule has 2 rings (SSSR count). The highest BCUT2D eigenvalue weighted by molar-refractivity contribution is 7.99. The van der Waals surface area contributed by atoms with Crippen molar-refractivity contribution in [2.75, 3.05) is 16.9 Å². The molecule has 0 spiro atoms. The summed E-state index contributed by atoms with van der Waals surface area (Å²) in [4.78, 5) is 26.2. The summed E-state index contributed by atoms with van der Waals surface area (Å²) in [6.07, 6.45) is 0.420. The van der Waals surface area contributed by atoms with E-state index in [1.807, 2.05) is 45.4 Å². The predicted octanol–water partition coefficient (Wildman–Crippen LogP) is 2.20. The number of nitrogens with one attached hydrogen (secondary N) is 1. The molecule has 1 N–H and O–H groups in total. The summed E-state index contributed by atoms with van der Waals surface area (Å²) in [5, 5.41) is 7.39. The van der Waals surface area contributed by atoms with Crippen LogP contribution in [0.1, 0.15) is 39.8 Å². The third-order valence-electron chi connectivity index (χ3n) is 3.53. The molecule has 2 amide bonds. The van der Waals surface area contributed by atoms with Crippen molar-refractivity contribution >= 4 is 29.4 Å². The van der Waals surface area contributed by atoms with Crippen molar-refractivity contribution in [3.8, 4) is 0 Å². The van der Waals surface area contributed by atoms with Crippen LogP contribution in [0.4, 0.5) is 5.82 Å². The maximum absolute atomic E-state index is 12.6. The van der Waals surface area contributed by atoms with Gasteiger partial charge in [0.1, 0.15) is 11.9 Å². The van der Waals surface area contributed by atoms with Gasteiger partial charge in [-0.1, -0.05) is 6.92 Å². The quantitative estimate of drug-likeness (QED) is 0.925. The minimum absolute atomic E-state index is 0.0191. The van der Waals surface area contributed by atoms with E-state index in [9.17, 15) is 9.59 Å². The van der Waals surface area contributed by atoms with Gasteiger partial charge >= 0.3 is 0 Å². The van der Waals surface area contributed by atoms with Gasteiger partial charge in [0.2, 0.25) is 11.8 Å². The molecule has 0 bridgehead atoms. The Morgan fingerprint density at radius 3 is 2.73 bits per heavy atom. The Labute approximate surface area is 135 Å². The first-order valence-corrected chi connectivity index (χ1v) is 8.64. The van der Waals surface area contributed by atoms with Crippen LogP contribution in [-0.4, -0.2) is 44.2 Å². The highest BCUT2D eigenvalue weighted by atomic mass is 32.2. The summed E-state index contributed by atoms with van der Waals surface area (Å²) in [5.74, 6) is 1.78. The Kier molecular flexibility index (Phi) is 4.84. The summed E-state index contributed by atoms with van der Waals surface area (Å²) in [5.41, 5.74) is 0.632. The number of hydrogen-bond donors (Lipinski definition) is 1. The first-order chi connectivity index (χ1) is 10.2. The zero-order valence-electron chi connectivity index (χ0n) is 13.8. The zero-order valence-corrected chi connectivity index (χ0v) is 14.7. The fourth-order valence-electron chi connectivity index (χ4n) is 2.42. The van der Waals surface area contributed by atoms with Crippen molar-refractivity contribution in [3.63, 3.8) is 0 Å². The molecule has 1 saturated heterocycles. The molecule has 7 heteroatoms. The molecule has 22 heavy (non-hydrogen) atoms. The largest absolute Gasteiger partial charge is 0.321 e.